The van der Waals surface area contributed by atoms with Crippen molar-refractivity contribution >= 4 is 29.1 Å². The molecule has 1 aliphatic heterocycles. The Morgan fingerprint density at radius 2 is 1.79 bits per heavy atom. The summed E-state index contributed by atoms with van der Waals surface area (Å²) in [6.45, 7) is 3.05. The highest BCUT2D eigenvalue weighted by Gasteiger charge is 2.25. The molecular formula is C24H21ClN2O2. The van der Waals surface area contributed by atoms with E-state index in [1.54, 1.807) is 24.3 Å². The summed E-state index contributed by atoms with van der Waals surface area (Å²) in [5.41, 5.74) is 5.35. The number of aryl methyl sites for hydroxylation is 1. The summed E-state index contributed by atoms with van der Waals surface area (Å²) >= 11 is 5.96. The number of nitrogens with zero attached hydrogens (tertiary/aromatic N) is 1. The van der Waals surface area contributed by atoms with E-state index in [-0.39, 0.29) is 11.8 Å². The van der Waals surface area contributed by atoms with Gasteiger partial charge in [0.05, 0.1) is 0 Å². The van der Waals surface area contributed by atoms with Gasteiger partial charge in [0.2, 0.25) is 0 Å². The monoisotopic (exact) mass is 404 g/mol. The molecule has 5 heteroatoms. The van der Waals surface area contributed by atoms with Crippen LogP contribution in [-0.4, -0.2) is 18.4 Å². The molecule has 0 saturated carbocycles. The van der Waals surface area contributed by atoms with E-state index in [4.69, 9.17) is 11.6 Å². The van der Waals surface area contributed by atoms with E-state index in [0.29, 0.717) is 29.2 Å². The van der Waals surface area contributed by atoms with Crippen molar-refractivity contribution < 1.29 is 9.59 Å². The van der Waals surface area contributed by atoms with Gasteiger partial charge >= 0.3 is 0 Å². The largest absolute Gasteiger partial charge is 0.348 e. The van der Waals surface area contributed by atoms with Gasteiger partial charge in [0.25, 0.3) is 11.8 Å². The number of fused-ring (bicyclic) bond motifs is 1. The maximum Gasteiger partial charge on any atom is 0.258 e. The van der Waals surface area contributed by atoms with Gasteiger partial charge in [-0.3, -0.25) is 9.59 Å². The van der Waals surface area contributed by atoms with Gasteiger partial charge in [0.1, 0.15) is 0 Å². The van der Waals surface area contributed by atoms with Crippen LogP contribution in [0.3, 0.4) is 0 Å². The molecule has 2 amide bonds. The van der Waals surface area contributed by atoms with Crippen LogP contribution in [0.2, 0.25) is 5.02 Å². The number of benzene rings is 3. The summed E-state index contributed by atoms with van der Waals surface area (Å²) in [7, 11) is 0. The lowest BCUT2D eigenvalue weighted by molar-refractivity contribution is 0.0949. The number of rotatable bonds is 4. The summed E-state index contributed by atoms with van der Waals surface area (Å²) in [6.07, 6.45) is 0.835. The van der Waals surface area contributed by atoms with Crippen molar-refractivity contribution in [2.45, 2.75) is 19.9 Å². The number of nitrogens with one attached hydrogen (secondary N) is 1. The smallest absolute Gasteiger partial charge is 0.258 e. The maximum absolute atomic E-state index is 13.0. The van der Waals surface area contributed by atoms with E-state index in [2.05, 4.69) is 5.32 Å². The van der Waals surface area contributed by atoms with Gasteiger partial charge < -0.3 is 10.2 Å². The van der Waals surface area contributed by atoms with Gasteiger partial charge in [0, 0.05) is 34.9 Å². The number of hydrogen-bond acceptors (Lipinski definition) is 2. The lowest BCUT2D eigenvalue weighted by atomic mass is 10.1. The Kier molecular flexibility index (Phi) is 5.36. The van der Waals surface area contributed by atoms with Crippen LogP contribution in [0.25, 0.3) is 0 Å². The van der Waals surface area contributed by atoms with Crippen LogP contribution in [0.4, 0.5) is 5.69 Å². The summed E-state index contributed by atoms with van der Waals surface area (Å²) in [6, 6.07) is 20.5. The Labute approximate surface area is 175 Å². The molecule has 1 aliphatic rings. The van der Waals surface area contributed by atoms with Gasteiger partial charge in [0.15, 0.2) is 0 Å². The topological polar surface area (TPSA) is 49.4 Å². The Morgan fingerprint density at radius 3 is 2.55 bits per heavy atom. The fourth-order valence-electron chi connectivity index (χ4n) is 3.51. The number of amides is 2. The molecule has 0 saturated heterocycles. The zero-order chi connectivity index (χ0) is 20.4. The van der Waals surface area contributed by atoms with Gasteiger partial charge in [-0.2, -0.15) is 0 Å². The highest BCUT2D eigenvalue weighted by molar-refractivity contribution is 6.30. The van der Waals surface area contributed by atoms with E-state index in [9.17, 15) is 9.59 Å². The first-order chi connectivity index (χ1) is 14.0. The highest BCUT2D eigenvalue weighted by Crippen LogP contribution is 2.30. The average molecular weight is 405 g/mol. The number of anilines is 1. The first kappa shape index (κ1) is 19.2. The van der Waals surface area contributed by atoms with Crippen molar-refractivity contribution in [1.82, 2.24) is 5.32 Å². The Hall–Kier alpha value is -3.11. The molecule has 0 aromatic heterocycles. The number of halogens is 1. The molecule has 3 aromatic rings. The van der Waals surface area contributed by atoms with Crippen LogP contribution >= 0.6 is 11.6 Å². The van der Waals surface area contributed by atoms with Crippen molar-refractivity contribution in [3.05, 3.63) is 99.6 Å². The number of carbonyl (C=O) groups is 2. The zero-order valence-electron chi connectivity index (χ0n) is 16.1. The fraction of sp³-hybridized carbons (Fsp3) is 0.167. The summed E-state index contributed by atoms with van der Waals surface area (Å²) < 4.78 is 0. The fourth-order valence-corrected chi connectivity index (χ4v) is 3.70. The normalized spacial score (nSPS) is 12.6. The first-order valence-corrected chi connectivity index (χ1v) is 9.93. The third kappa shape index (κ3) is 4.17. The van der Waals surface area contributed by atoms with Gasteiger partial charge in [-0.25, -0.2) is 0 Å². The second-order valence-electron chi connectivity index (χ2n) is 7.23. The Balaban J connectivity index is 1.49. The van der Waals surface area contributed by atoms with Crippen molar-refractivity contribution in [3.63, 3.8) is 0 Å². The van der Waals surface area contributed by atoms with Crippen LogP contribution in [0.5, 0.6) is 0 Å². The third-order valence-electron chi connectivity index (χ3n) is 5.13. The van der Waals surface area contributed by atoms with E-state index >= 15 is 0 Å². The molecule has 29 heavy (non-hydrogen) atoms. The third-order valence-corrected chi connectivity index (χ3v) is 5.36. The van der Waals surface area contributed by atoms with E-state index in [1.807, 2.05) is 54.3 Å². The molecule has 0 aliphatic carbocycles. The highest BCUT2D eigenvalue weighted by atomic mass is 35.5. The maximum atomic E-state index is 13.0. The van der Waals surface area contributed by atoms with Crippen molar-refractivity contribution in [2.24, 2.45) is 0 Å². The summed E-state index contributed by atoms with van der Waals surface area (Å²) in [4.78, 5) is 27.1. The van der Waals surface area contributed by atoms with Crippen molar-refractivity contribution in [3.8, 4) is 0 Å². The molecule has 1 heterocycles. The minimum atomic E-state index is -0.180. The second kappa shape index (κ2) is 8.10. The number of carbonyl (C=O) groups excluding carboxylic acids is 2. The first-order valence-electron chi connectivity index (χ1n) is 9.55. The number of hydrogen-bond donors (Lipinski definition) is 1. The van der Waals surface area contributed by atoms with E-state index in [1.165, 1.54) is 0 Å². The Bertz CT molecular complexity index is 1080. The molecule has 0 fully saturated rings. The SMILES string of the molecule is Cc1ccc(C(=O)N2CCc3ccc(CNC(=O)c4cccc(Cl)c4)cc32)cc1. The zero-order valence-corrected chi connectivity index (χ0v) is 16.9. The molecule has 0 atom stereocenters. The lowest BCUT2D eigenvalue weighted by Crippen LogP contribution is -2.29. The molecule has 1 N–H and O–H groups in total. The minimum Gasteiger partial charge on any atom is -0.348 e. The standard InChI is InChI=1S/C24H21ClN2O2/c1-16-5-8-19(9-6-16)24(29)27-12-11-18-10-7-17(13-22(18)27)15-26-23(28)20-3-2-4-21(25)14-20/h2-10,13-14H,11-12,15H2,1H3,(H,26,28). The predicted molar refractivity (Wildman–Crippen MR) is 116 cm³/mol. The van der Waals surface area contributed by atoms with E-state index in [0.717, 1.165) is 28.8 Å². The molecule has 0 bridgehead atoms. The van der Waals surface area contributed by atoms with Crippen LogP contribution in [0.15, 0.2) is 66.7 Å². The van der Waals surface area contributed by atoms with E-state index < -0.39 is 0 Å². The second-order valence-corrected chi connectivity index (χ2v) is 7.67. The summed E-state index contributed by atoms with van der Waals surface area (Å²) in [5.74, 6) is -0.176. The molecule has 4 rings (SSSR count). The molecule has 0 radical (unpaired) electrons. The van der Waals surface area contributed by atoms with Gasteiger partial charge in [-0.1, -0.05) is 47.5 Å². The van der Waals surface area contributed by atoms with Crippen LogP contribution in [0, 0.1) is 6.92 Å². The lowest BCUT2D eigenvalue weighted by Gasteiger charge is -2.18. The van der Waals surface area contributed by atoms with Crippen LogP contribution in [0.1, 0.15) is 37.4 Å². The molecule has 4 nitrogen and oxygen atoms in total. The molecule has 0 spiro atoms. The predicted octanol–water partition coefficient (Wildman–Crippen LogP) is 4.78. The summed E-state index contributed by atoms with van der Waals surface area (Å²) in [5, 5.41) is 3.44. The molecule has 3 aromatic carbocycles. The Morgan fingerprint density at radius 1 is 1.00 bits per heavy atom. The minimum absolute atomic E-state index is 0.00358. The molecular weight excluding hydrogens is 384 g/mol. The average Bonchev–Trinajstić information content (AvgIpc) is 3.15. The van der Waals surface area contributed by atoms with Crippen LogP contribution in [-0.2, 0) is 13.0 Å². The van der Waals surface area contributed by atoms with Gasteiger partial charge in [-0.05, 0) is 60.9 Å². The van der Waals surface area contributed by atoms with Crippen molar-refractivity contribution in [1.29, 1.82) is 0 Å². The van der Waals surface area contributed by atoms with Crippen molar-refractivity contribution in [2.75, 3.05) is 11.4 Å². The molecule has 0 unspecified atom stereocenters. The molecule has 146 valence electrons. The van der Waals surface area contributed by atoms with Gasteiger partial charge in [-0.15, -0.1) is 0 Å². The van der Waals surface area contributed by atoms with Crippen LogP contribution < -0.4 is 10.2 Å². The quantitative estimate of drug-likeness (QED) is 0.680.